The van der Waals surface area contributed by atoms with E-state index in [0.717, 1.165) is 33.8 Å². The maximum Gasteiger partial charge on any atom is 0.192 e. The van der Waals surface area contributed by atoms with Gasteiger partial charge < -0.3 is 9.15 Å². The first-order valence-electron chi connectivity index (χ1n) is 9.02. The Bertz CT molecular complexity index is 1060. The zero-order valence-electron chi connectivity index (χ0n) is 15.8. The van der Waals surface area contributed by atoms with E-state index >= 15 is 0 Å². The maximum atomic E-state index is 5.57. The van der Waals surface area contributed by atoms with Crippen LogP contribution in [0.15, 0.2) is 76.5 Å². The molecule has 0 saturated heterocycles. The smallest absolute Gasteiger partial charge is 0.192 e. The quantitative estimate of drug-likeness (QED) is 0.406. The number of rotatable bonds is 7. The molecule has 4 aromatic rings. The Labute approximate surface area is 168 Å². The molecular weight excluding hydrogens is 370 g/mol. The van der Waals surface area contributed by atoms with Crippen molar-refractivity contribution in [2.24, 2.45) is 0 Å². The van der Waals surface area contributed by atoms with Crippen molar-refractivity contribution in [1.82, 2.24) is 14.8 Å². The molecule has 0 N–H and O–H groups in total. The van der Waals surface area contributed by atoms with Crippen molar-refractivity contribution in [2.45, 2.75) is 24.4 Å². The molecule has 0 spiro atoms. The average Bonchev–Trinajstić information content (AvgIpc) is 3.38. The third-order valence-electron chi connectivity index (χ3n) is 4.56. The van der Waals surface area contributed by atoms with Gasteiger partial charge in [0.1, 0.15) is 11.5 Å². The van der Waals surface area contributed by atoms with E-state index in [1.165, 1.54) is 11.1 Å². The molecule has 0 unspecified atom stereocenters. The molecule has 2 heterocycles. The van der Waals surface area contributed by atoms with Crippen molar-refractivity contribution < 1.29 is 9.15 Å². The van der Waals surface area contributed by atoms with E-state index in [-0.39, 0.29) is 0 Å². The summed E-state index contributed by atoms with van der Waals surface area (Å²) in [5.41, 5.74) is 3.53. The molecule has 0 bridgehead atoms. The van der Waals surface area contributed by atoms with E-state index in [0.29, 0.717) is 6.54 Å². The molecule has 0 aliphatic rings. The summed E-state index contributed by atoms with van der Waals surface area (Å²) in [6.07, 6.45) is 1.69. The standard InChI is InChI=1S/C22H21N3O2S/c1-16-7-3-4-8-18(16)15-28-22-24-23-21(17-9-5-10-19(13-17)26-2)25(22)14-20-11-6-12-27-20/h3-13H,14-15H2,1-2H3. The summed E-state index contributed by atoms with van der Waals surface area (Å²) in [4.78, 5) is 0. The molecule has 0 fully saturated rings. The zero-order chi connectivity index (χ0) is 19.3. The van der Waals surface area contributed by atoms with Gasteiger partial charge in [-0.3, -0.25) is 4.57 Å². The van der Waals surface area contributed by atoms with Crippen LogP contribution >= 0.6 is 11.8 Å². The van der Waals surface area contributed by atoms with Gasteiger partial charge in [-0.25, -0.2) is 0 Å². The second-order valence-corrected chi connectivity index (χ2v) is 7.36. The lowest BCUT2D eigenvalue weighted by Crippen LogP contribution is -2.03. The summed E-state index contributed by atoms with van der Waals surface area (Å²) in [5.74, 6) is 3.28. The van der Waals surface area contributed by atoms with Gasteiger partial charge >= 0.3 is 0 Å². The van der Waals surface area contributed by atoms with Gasteiger partial charge in [0.15, 0.2) is 11.0 Å². The van der Waals surface area contributed by atoms with E-state index in [1.807, 2.05) is 36.4 Å². The molecule has 0 atom stereocenters. The van der Waals surface area contributed by atoms with Gasteiger partial charge in [0, 0.05) is 11.3 Å². The number of methoxy groups -OCH3 is 1. The van der Waals surface area contributed by atoms with E-state index < -0.39 is 0 Å². The average molecular weight is 391 g/mol. The van der Waals surface area contributed by atoms with Crippen LogP contribution in [0.4, 0.5) is 0 Å². The number of ether oxygens (including phenoxy) is 1. The highest BCUT2D eigenvalue weighted by atomic mass is 32.2. The van der Waals surface area contributed by atoms with Gasteiger partial charge in [0.2, 0.25) is 0 Å². The maximum absolute atomic E-state index is 5.57. The topological polar surface area (TPSA) is 53.1 Å². The van der Waals surface area contributed by atoms with Crippen LogP contribution in [-0.2, 0) is 12.3 Å². The molecule has 0 radical (unpaired) electrons. The zero-order valence-corrected chi connectivity index (χ0v) is 16.6. The number of hydrogen-bond acceptors (Lipinski definition) is 5. The first-order valence-corrected chi connectivity index (χ1v) is 10.0. The third-order valence-corrected chi connectivity index (χ3v) is 5.57. The van der Waals surface area contributed by atoms with Crippen LogP contribution in [0.5, 0.6) is 5.75 Å². The summed E-state index contributed by atoms with van der Waals surface area (Å²) in [5, 5.41) is 9.80. The number of furan rings is 1. The van der Waals surface area contributed by atoms with Gasteiger partial charge in [0.25, 0.3) is 0 Å². The van der Waals surface area contributed by atoms with Crippen LogP contribution in [0.25, 0.3) is 11.4 Å². The normalized spacial score (nSPS) is 10.9. The Morgan fingerprint density at radius 2 is 1.93 bits per heavy atom. The lowest BCUT2D eigenvalue weighted by atomic mass is 10.1. The molecule has 142 valence electrons. The van der Waals surface area contributed by atoms with Gasteiger partial charge in [-0.05, 0) is 42.3 Å². The van der Waals surface area contributed by atoms with Gasteiger partial charge in [-0.1, -0.05) is 48.2 Å². The van der Waals surface area contributed by atoms with E-state index in [4.69, 9.17) is 9.15 Å². The lowest BCUT2D eigenvalue weighted by Gasteiger charge is -2.10. The SMILES string of the molecule is COc1cccc(-c2nnc(SCc3ccccc3C)n2Cc2ccco2)c1. The molecule has 0 saturated carbocycles. The molecule has 2 aromatic carbocycles. The fraction of sp³-hybridized carbons (Fsp3) is 0.182. The molecule has 0 aliphatic carbocycles. The van der Waals surface area contributed by atoms with Crippen molar-refractivity contribution in [3.05, 3.63) is 83.8 Å². The molecule has 6 heteroatoms. The van der Waals surface area contributed by atoms with Crippen LogP contribution in [-0.4, -0.2) is 21.9 Å². The van der Waals surface area contributed by atoms with Crippen molar-refractivity contribution >= 4 is 11.8 Å². The highest BCUT2D eigenvalue weighted by molar-refractivity contribution is 7.98. The summed E-state index contributed by atoms with van der Waals surface area (Å²) in [6, 6.07) is 20.1. The van der Waals surface area contributed by atoms with Crippen LogP contribution < -0.4 is 4.74 Å². The molecular formula is C22H21N3O2S. The summed E-state index contributed by atoms with van der Waals surface area (Å²) >= 11 is 1.68. The van der Waals surface area contributed by atoms with Crippen LogP contribution in [0.1, 0.15) is 16.9 Å². The first kappa shape index (κ1) is 18.4. The predicted octanol–water partition coefficient (Wildman–Crippen LogP) is 5.20. The number of aromatic nitrogens is 3. The minimum absolute atomic E-state index is 0.572. The second-order valence-electron chi connectivity index (χ2n) is 6.42. The molecule has 0 aliphatic heterocycles. The van der Waals surface area contributed by atoms with Crippen molar-refractivity contribution in [3.63, 3.8) is 0 Å². The van der Waals surface area contributed by atoms with Gasteiger partial charge in [-0.2, -0.15) is 0 Å². The number of nitrogens with zero attached hydrogens (tertiary/aromatic N) is 3. The van der Waals surface area contributed by atoms with Crippen LogP contribution in [0, 0.1) is 6.92 Å². The molecule has 5 nitrogen and oxygen atoms in total. The summed E-state index contributed by atoms with van der Waals surface area (Å²) < 4.78 is 13.0. The predicted molar refractivity (Wildman–Crippen MR) is 111 cm³/mol. The monoisotopic (exact) mass is 391 g/mol. The summed E-state index contributed by atoms with van der Waals surface area (Å²) in [6.45, 7) is 2.70. The van der Waals surface area contributed by atoms with Crippen LogP contribution in [0.3, 0.4) is 0 Å². The number of thioether (sulfide) groups is 1. The largest absolute Gasteiger partial charge is 0.497 e. The third kappa shape index (κ3) is 3.97. The lowest BCUT2D eigenvalue weighted by molar-refractivity contribution is 0.415. The fourth-order valence-corrected chi connectivity index (χ4v) is 4.00. The molecule has 28 heavy (non-hydrogen) atoms. The highest BCUT2D eigenvalue weighted by Gasteiger charge is 2.16. The Morgan fingerprint density at radius 1 is 1.04 bits per heavy atom. The Morgan fingerprint density at radius 3 is 2.71 bits per heavy atom. The number of benzene rings is 2. The minimum atomic E-state index is 0.572. The number of aryl methyl sites for hydroxylation is 1. The Balaban J connectivity index is 1.67. The Hall–Kier alpha value is -2.99. The van der Waals surface area contributed by atoms with Gasteiger partial charge in [-0.15, -0.1) is 10.2 Å². The summed E-state index contributed by atoms with van der Waals surface area (Å²) in [7, 11) is 1.66. The first-order chi connectivity index (χ1) is 13.7. The van der Waals surface area contributed by atoms with E-state index in [9.17, 15) is 0 Å². The van der Waals surface area contributed by atoms with Gasteiger partial charge in [0.05, 0.1) is 19.9 Å². The fourth-order valence-electron chi connectivity index (χ4n) is 2.99. The van der Waals surface area contributed by atoms with Crippen LogP contribution in [0.2, 0.25) is 0 Å². The Kier molecular flexibility index (Phi) is 5.48. The molecule has 2 aromatic heterocycles. The van der Waals surface area contributed by atoms with E-state index in [1.54, 1.807) is 25.1 Å². The minimum Gasteiger partial charge on any atom is -0.497 e. The molecule has 0 amide bonds. The van der Waals surface area contributed by atoms with Crippen molar-refractivity contribution in [2.75, 3.05) is 7.11 Å². The van der Waals surface area contributed by atoms with Crippen molar-refractivity contribution in [3.8, 4) is 17.1 Å². The molecule has 4 rings (SSSR count). The van der Waals surface area contributed by atoms with E-state index in [2.05, 4.69) is 46.0 Å². The van der Waals surface area contributed by atoms with Crippen molar-refractivity contribution in [1.29, 1.82) is 0 Å². The second kappa shape index (κ2) is 8.35. The number of hydrogen-bond donors (Lipinski definition) is 0. The highest BCUT2D eigenvalue weighted by Crippen LogP contribution is 2.29.